The lowest BCUT2D eigenvalue weighted by Gasteiger charge is -2.15. The minimum atomic E-state index is -0.0733. The Morgan fingerprint density at radius 3 is 2.48 bits per heavy atom. The number of hydrogen-bond donors (Lipinski definition) is 1. The Labute approximate surface area is 151 Å². The van der Waals surface area contributed by atoms with Crippen LogP contribution in [-0.4, -0.2) is 15.7 Å². The Morgan fingerprint density at radius 2 is 1.88 bits per heavy atom. The number of unbranched alkanes of at least 4 members (excludes halogenated alkanes) is 2. The highest BCUT2D eigenvalue weighted by molar-refractivity contribution is 5.93. The van der Waals surface area contributed by atoms with Crippen molar-refractivity contribution in [2.75, 3.05) is 0 Å². The van der Waals surface area contributed by atoms with Crippen LogP contribution in [0.5, 0.6) is 0 Å². The summed E-state index contributed by atoms with van der Waals surface area (Å²) in [5, 5.41) is 7.82. The van der Waals surface area contributed by atoms with Gasteiger partial charge in [0.1, 0.15) is 5.69 Å². The van der Waals surface area contributed by atoms with Gasteiger partial charge in [-0.3, -0.25) is 9.48 Å². The Hall–Kier alpha value is -2.10. The molecule has 4 heteroatoms. The van der Waals surface area contributed by atoms with Crippen molar-refractivity contribution in [3.05, 3.63) is 53.3 Å². The highest BCUT2D eigenvalue weighted by Crippen LogP contribution is 2.22. The first-order valence-electron chi connectivity index (χ1n) is 9.27. The molecular formula is C21H31N3O. The van der Waals surface area contributed by atoms with Crippen molar-refractivity contribution < 1.29 is 4.79 Å². The maximum absolute atomic E-state index is 12.9. The normalized spacial score (nSPS) is 12.8. The van der Waals surface area contributed by atoms with Crippen LogP contribution in [0.1, 0.15) is 81.7 Å². The first-order chi connectivity index (χ1) is 11.8. The zero-order chi connectivity index (χ0) is 18.4. The lowest BCUT2D eigenvalue weighted by molar-refractivity contribution is 0.0928. The fraction of sp³-hybridized carbons (Fsp3) is 0.524. The van der Waals surface area contributed by atoms with E-state index in [1.54, 1.807) is 0 Å². The molecule has 136 valence electrons. The van der Waals surface area contributed by atoms with Crippen molar-refractivity contribution in [2.45, 2.75) is 71.9 Å². The van der Waals surface area contributed by atoms with E-state index in [0.29, 0.717) is 5.69 Å². The van der Waals surface area contributed by atoms with E-state index in [9.17, 15) is 4.79 Å². The van der Waals surface area contributed by atoms with Crippen molar-refractivity contribution >= 4 is 5.91 Å². The van der Waals surface area contributed by atoms with E-state index in [4.69, 9.17) is 5.10 Å². The molecule has 0 saturated carbocycles. The maximum atomic E-state index is 12.9. The topological polar surface area (TPSA) is 46.9 Å². The quantitative estimate of drug-likeness (QED) is 0.731. The van der Waals surface area contributed by atoms with Crippen LogP contribution in [0.3, 0.4) is 0 Å². The van der Waals surface area contributed by atoms with Gasteiger partial charge >= 0.3 is 0 Å². The summed E-state index contributed by atoms with van der Waals surface area (Å²) in [5.74, 6) is -0.0594. The predicted molar refractivity (Wildman–Crippen MR) is 103 cm³/mol. The molecule has 2 rings (SSSR count). The van der Waals surface area contributed by atoms with Gasteiger partial charge in [0.15, 0.2) is 0 Å². The Balaban J connectivity index is 2.20. The largest absolute Gasteiger partial charge is 0.344 e. The lowest BCUT2D eigenvalue weighted by atomic mass is 9.92. The summed E-state index contributed by atoms with van der Waals surface area (Å²) in [5.41, 5.74) is 2.64. The van der Waals surface area contributed by atoms with Crippen molar-refractivity contribution in [1.82, 2.24) is 15.1 Å². The van der Waals surface area contributed by atoms with Crippen molar-refractivity contribution in [1.29, 1.82) is 0 Å². The number of amides is 1. The van der Waals surface area contributed by atoms with Crippen LogP contribution >= 0.6 is 0 Å². The second-order valence-electron chi connectivity index (χ2n) is 7.70. The van der Waals surface area contributed by atoms with Gasteiger partial charge in [-0.05, 0) is 25.0 Å². The van der Waals surface area contributed by atoms with Crippen molar-refractivity contribution in [3.8, 4) is 0 Å². The molecule has 0 spiro atoms. The van der Waals surface area contributed by atoms with Crippen molar-refractivity contribution in [2.24, 2.45) is 0 Å². The average Bonchev–Trinajstić information content (AvgIpc) is 3.00. The second-order valence-corrected chi connectivity index (χ2v) is 7.70. The lowest BCUT2D eigenvalue weighted by Crippen LogP contribution is -2.29. The van der Waals surface area contributed by atoms with E-state index in [1.807, 2.05) is 48.0 Å². The van der Waals surface area contributed by atoms with E-state index >= 15 is 0 Å². The van der Waals surface area contributed by atoms with E-state index < -0.39 is 0 Å². The molecule has 0 fully saturated rings. The Kier molecular flexibility index (Phi) is 6.40. The summed E-state index contributed by atoms with van der Waals surface area (Å²) >= 11 is 0. The van der Waals surface area contributed by atoms with Gasteiger partial charge in [0, 0.05) is 12.0 Å². The standard InChI is InChI=1S/C21H31N3O/c1-6-7-11-14-24-18(15-19(23-24)21(3,4)5)20(25)22-16(2)17-12-9-8-10-13-17/h8-10,12-13,15-16H,6-7,11,14H2,1-5H3,(H,22,25)/t16-/m0/s1. The van der Waals surface area contributed by atoms with Gasteiger partial charge in [0.2, 0.25) is 0 Å². The minimum Gasteiger partial charge on any atom is -0.344 e. The number of nitrogens with zero attached hydrogens (tertiary/aromatic N) is 2. The second kappa shape index (κ2) is 8.32. The van der Waals surface area contributed by atoms with Gasteiger partial charge in [-0.1, -0.05) is 70.9 Å². The number of carbonyl (C=O) groups excluding carboxylic acids is 1. The average molecular weight is 341 g/mol. The van der Waals surface area contributed by atoms with Crippen LogP contribution < -0.4 is 5.32 Å². The zero-order valence-electron chi connectivity index (χ0n) is 16.2. The van der Waals surface area contributed by atoms with Crippen LogP contribution in [0, 0.1) is 0 Å². The molecule has 0 aliphatic heterocycles. The number of carbonyl (C=O) groups is 1. The molecule has 1 N–H and O–H groups in total. The summed E-state index contributed by atoms with van der Waals surface area (Å²) in [6, 6.07) is 11.9. The molecule has 0 aliphatic carbocycles. The molecular weight excluding hydrogens is 310 g/mol. The molecule has 4 nitrogen and oxygen atoms in total. The monoisotopic (exact) mass is 341 g/mol. The Bertz CT molecular complexity index is 683. The first-order valence-corrected chi connectivity index (χ1v) is 9.27. The van der Waals surface area contributed by atoms with E-state index in [0.717, 1.165) is 37.1 Å². The summed E-state index contributed by atoms with van der Waals surface area (Å²) in [6.45, 7) is 11.3. The molecule has 0 bridgehead atoms. The Morgan fingerprint density at radius 1 is 1.20 bits per heavy atom. The first kappa shape index (κ1) is 19.2. The third-order valence-corrected chi connectivity index (χ3v) is 4.40. The molecule has 1 heterocycles. The number of hydrogen-bond acceptors (Lipinski definition) is 2. The van der Waals surface area contributed by atoms with Gasteiger partial charge in [-0.2, -0.15) is 5.10 Å². The third-order valence-electron chi connectivity index (χ3n) is 4.40. The van der Waals surface area contributed by atoms with E-state index in [-0.39, 0.29) is 17.4 Å². The third kappa shape index (κ3) is 5.18. The summed E-state index contributed by atoms with van der Waals surface area (Å²) in [4.78, 5) is 12.9. The predicted octanol–water partition coefficient (Wildman–Crippen LogP) is 4.86. The fourth-order valence-corrected chi connectivity index (χ4v) is 2.74. The molecule has 1 amide bonds. The number of aromatic nitrogens is 2. The zero-order valence-corrected chi connectivity index (χ0v) is 16.2. The summed E-state index contributed by atoms with van der Waals surface area (Å²) in [6.07, 6.45) is 3.34. The highest BCUT2D eigenvalue weighted by Gasteiger charge is 2.23. The number of rotatable bonds is 7. The number of nitrogens with one attached hydrogen (secondary N) is 1. The molecule has 0 saturated heterocycles. The molecule has 0 radical (unpaired) electrons. The molecule has 25 heavy (non-hydrogen) atoms. The molecule has 1 aromatic carbocycles. The van der Waals surface area contributed by atoms with Crippen LogP contribution in [0.4, 0.5) is 0 Å². The molecule has 0 aliphatic rings. The number of aryl methyl sites for hydroxylation is 1. The van der Waals surface area contributed by atoms with Crippen molar-refractivity contribution in [3.63, 3.8) is 0 Å². The SMILES string of the molecule is CCCCCn1nc(C(C)(C)C)cc1C(=O)N[C@@H](C)c1ccccc1. The van der Waals surface area contributed by atoms with Crippen LogP contribution in [0.2, 0.25) is 0 Å². The molecule has 1 atom stereocenters. The minimum absolute atomic E-state index is 0.0363. The van der Waals surface area contributed by atoms with Gasteiger partial charge in [-0.25, -0.2) is 0 Å². The van der Waals surface area contributed by atoms with E-state index in [1.165, 1.54) is 0 Å². The smallest absolute Gasteiger partial charge is 0.270 e. The van der Waals surface area contributed by atoms with Gasteiger partial charge in [-0.15, -0.1) is 0 Å². The van der Waals surface area contributed by atoms with Crippen LogP contribution in [0.25, 0.3) is 0 Å². The van der Waals surface area contributed by atoms with Gasteiger partial charge in [0.25, 0.3) is 5.91 Å². The maximum Gasteiger partial charge on any atom is 0.270 e. The van der Waals surface area contributed by atoms with Gasteiger partial charge < -0.3 is 5.32 Å². The highest BCUT2D eigenvalue weighted by atomic mass is 16.2. The molecule has 2 aromatic rings. The molecule has 0 unspecified atom stereocenters. The summed E-state index contributed by atoms with van der Waals surface area (Å²) < 4.78 is 1.88. The number of benzene rings is 1. The molecule has 1 aromatic heterocycles. The fourth-order valence-electron chi connectivity index (χ4n) is 2.74. The van der Waals surface area contributed by atoms with Crippen LogP contribution in [-0.2, 0) is 12.0 Å². The summed E-state index contributed by atoms with van der Waals surface area (Å²) in [7, 11) is 0. The van der Waals surface area contributed by atoms with E-state index in [2.05, 4.69) is 33.0 Å². The van der Waals surface area contributed by atoms with Crippen LogP contribution in [0.15, 0.2) is 36.4 Å². The van der Waals surface area contributed by atoms with Gasteiger partial charge in [0.05, 0.1) is 11.7 Å².